The van der Waals surface area contributed by atoms with Crippen LogP contribution in [-0.2, 0) is 4.74 Å². The molecule has 1 aliphatic carbocycles. The zero-order valence-corrected chi connectivity index (χ0v) is 19.5. The lowest BCUT2D eigenvalue weighted by molar-refractivity contribution is 0.0366. The molecule has 2 aromatic rings. The molecular weight excluding hydrogens is 432 g/mol. The van der Waals surface area contributed by atoms with E-state index in [4.69, 9.17) is 9.47 Å². The zero-order chi connectivity index (χ0) is 23.0. The molecule has 180 valence electrons. The third kappa shape index (κ3) is 4.29. The van der Waals surface area contributed by atoms with Crippen molar-refractivity contribution in [2.75, 3.05) is 42.5 Å². The van der Waals surface area contributed by atoms with Crippen molar-refractivity contribution in [3.05, 3.63) is 36.9 Å². The van der Waals surface area contributed by atoms with E-state index in [0.29, 0.717) is 18.2 Å². The Morgan fingerprint density at radius 3 is 2.44 bits per heavy atom. The van der Waals surface area contributed by atoms with Crippen molar-refractivity contribution in [2.24, 2.45) is 0 Å². The standard InChI is InChI=1S/C25H32N6O3/c32-24-31(22-17-26-10-11-27-22)18-25(34-24)8-14-30(15-9-25)20-4-5-23(28-16-20)33-21-6-12-29(13-7-21)19-2-1-3-19/h4-5,10-11,16-17,19,21H,1-3,6-9,12-15,18H2. The van der Waals surface area contributed by atoms with Crippen LogP contribution in [0.4, 0.5) is 16.3 Å². The fourth-order valence-corrected chi connectivity index (χ4v) is 5.57. The predicted molar refractivity (Wildman–Crippen MR) is 127 cm³/mol. The van der Waals surface area contributed by atoms with Crippen LogP contribution >= 0.6 is 0 Å². The SMILES string of the molecule is O=C1OC2(CCN(c3ccc(OC4CCN(C5CCC5)CC4)nc3)CC2)CN1c1cnccn1. The molecule has 0 radical (unpaired) electrons. The van der Waals surface area contributed by atoms with Gasteiger partial charge in [-0.2, -0.15) is 0 Å². The van der Waals surface area contributed by atoms with Gasteiger partial charge in [-0.3, -0.25) is 9.88 Å². The molecule has 34 heavy (non-hydrogen) atoms. The Labute approximate surface area is 200 Å². The lowest BCUT2D eigenvalue weighted by Crippen LogP contribution is -2.47. The van der Waals surface area contributed by atoms with Crippen LogP contribution in [-0.4, -0.2) is 76.4 Å². The van der Waals surface area contributed by atoms with Gasteiger partial charge in [0.15, 0.2) is 5.82 Å². The van der Waals surface area contributed by atoms with Crippen molar-refractivity contribution in [3.8, 4) is 5.88 Å². The van der Waals surface area contributed by atoms with Crippen LogP contribution in [0.5, 0.6) is 5.88 Å². The van der Waals surface area contributed by atoms with E-state index in [2.05, 4.69) is 30.8 Å². The van der Waals surface area contributed by atoms with Crippen LogP contribution in [0.3, 0.4) is 0 Å². The average Bonchev–Trinajstić information content (AvgIpc) is 3.16. The Bertz CT molecular complexity index is 983. The molecule has 1 spiro atoms. The number of amides is 1. The van der Waals surface area contributed by atoms with Crippen molar-refractivity contribution < 1.29 is 14.3 Å². The molecule has 0 N–H and O–H groups in total. The van der Waals surface area contributed by atoms with Crippen LogP contribution in [0, 0.1) is 0 Å². The first-order valence-electron chi connectivity index (χ1n) is 12.6. The van der Waals surface area contributed by atoms with Crippen LogP contribution in [0.15, 0.2) is 36.9 Å². The minimum absolute atomic E-state index is 0.263. The van der Waals surface area contributed by atoms with Gasteiger partial charge in [0, 0.05) is 63.5 Å². The highest BCUT2D eigenvalue weighted by molar-refractivity contribution is 5.89. The molecule has 3 aliphatic heterocycles. The van der Waals surface area contributed by atoms with Crippen LogP contribution in [0.1, 0.15) is 44.9 Å². The summed E-state index contributed by atoms with van der Waals surface area (Å²) in [6.07, 6.45) is 14.5. The number of ether oxygens (including phenoxy) is 2. The molecule has 9 nitrogen and oxygen atoms in total. The van der Waals surface area contributed by atoms with Gasteiger partial charge in [0.25, 0.3) is 0 Å². The van der Waals surface area contributed by atoms with Crippen molar-refractivity contribution >= 4 is 17.6 Å². The summed E-state index contributed by atoms with van der Waals surface area (Å²) in [6, 6.07) is 4.91. The second-order valence-electron chi connectivity index (χ2n) is 9.98. The predicted octanol–water partition coefficient (Wildman–Crippen LogP) is 3.26. The number of pyridine rings is 1. The fourth-order valence-electron chi connectivity index (χ4n) is 5.57. The van der Waals surface area contributed by atoms with Gasteiger partial charge < -0.3 is 19.3 Å². The number of piperidine rings is 2. The van der Waals surface area contributed by atoms with E-state index in [-0.39, 0.29) is 12.2 Å². The molecule has 0 unspecified atom stereocenters. The van der Waals surface area contributed by atoms with E-state index in [0.717, 1.165) is 63.6 Å². The molecule has 0 aromatic carbocycles. The quantitative estimate of drug-likeness (QED) is 0.667. The summed E-state index contributed by atoms with van der Waals surface area (Å²) in [5, 5.41) is 0. The number of carbonyl (C=O) groups is 1. The van der Waals surface area contributed by atoms with Crippen LogP contribution < -0.4 is 14.5 Å². The summed E-state index contributed by atoms with van der Waals surface area (Å²) in [4.78, 5) is 31.9. The third-order valence-corrected chi connectivity index (χ3v) is 7.91. The maximum atomic E-state index is 12.5. The maximum absolute atomic E-state index is 12.5. The molecular formula is C25H32N6O3. The number of likely N-dealkylation sites (tertiary alicyclic amines) is 1. The van der Waals surface area contributed by atoms with E-state index in [9.17, 15) is 4.79 Å². The normalized spacial score (nSPS) is 23.7. The van der Waals surface area contributed by atoms with Crippen molar-refractivity contribution in [1.82, 2.24) is 19.9 Å². The van der Waals surface area contributed by atoms with Gasteiger partial charge in [-0.05, 0) is 31.7 Å². The smallest absolute Gasteiger partial charge is 0.416 e. The van der Waals surface area contributed by atoms with E-state index < -0.39 is 5.60 Å². The number of hydrogen-bond acceptors (Lipinski definition) is 8. The number of aromatic nitrogens is 3. The molecule has 4 fully saturated rings. The number of hydrogen-bond donors (Lipinski definition) is 0. The van der Waals surface area contributed by atoms with Gasteiger partial charge >= 0.3 is 6.09 Å². The van der Waals surface area contributed by atoms with E-state index >= 15 is 0 Å². The Morgan fingerprint density at radius 2 is 1.79 bits per heavy atom. The number of rotatable bonds is 5. The lowest BCUT2D eigenvalue weighted by Gasteiger charge is -2.41. The molecule has 4 aliphatic rings. The summed E-state index contributed by atoms with van der Waals surface area (Å²) >= 11 is 0. The van der Waals surface area contributed by atoms with E-state index in [1.54, 1.807) is 23.5 Å². The number of anilines is 2. The highest BCUT2D eigenvalue weighted by atomic mass is 16.6. The van der Waals surface area contributed by atoms with E-state index in [1.165, 1.54) is 19.3 Å². The molecule has 1 saturated carbocycles. The monoisotopic (exact) mass is 464 g/mol. The first-order chi connectivity index (χ1) is 16.7. The van der Waals surface area contributed by atoms with Gasteiger partial charge in [0.2, 0.25) is 5.88 Å². The summed E-state index contributed by atoms with van der Waals surface area (Å²) in [6.45, 7) is 4.42. The van der Waals surface area contributed by atoms with Gasteiger partial charge in [-0.15, -0.1) is 0 Å². The van der Waals surface area contributed by atoms with Gasteiger partial charge in [-0.25, -0.2) is 14.8 Å². The largest absolute Gasteiger partial charge is 0.474 e. The summed E-state index contributed by atoms with van der Waals surface area (Å²) in [5.41, 5.74) is 0.618. The molecule has 2 aromatic heterocycles. The first-order valence-corrected chi connectivity index (χ1v) is 12.6. The third-order valence-electron chi connectivity index (χ3n) is 7.91. The second-order valence-corrected chi connectivity index (χ2v) is 9.98. The second kappa shape index (κ2) is 9.02. The minimum atomic E-state index is -0.462. The van der Waals surface area contributed by atoms with Crippen molar-refractivity contribution in [1.29, 1.82) is 0 Å². The summed E-state index contributed by atoms with van der Waals surface area (Å²) < 4.78 is 12.0. The first kappa shape index (κ1) is 21.6. The highest BCUT2D eigenvalue weighted by Crippen LogP contribution is 2.36. The molecule has 9 heteroatoms. The molecule has 6 rings (SSSR count). The number of carbonyl (C=O) groups excluding carboxylic acids is 1. The Morgan fingerprint density at radius 1 is 0.971 bits per heavy atom. The van der Waals surface area contributed by atoms with Crippen LogP contribution in [0.25, 0.3) is 0 Å². The molecule has 1 amide bonds. The van der Waals surface area contributed by atoms with E-state index in [1.807, 2.05) is 12.3 Å². The average molecular weight is 465 g/mol. The van der Waals surface area contributed by atoms with Crippen molar-refractivity contribution in [2.45, 2.75) is 62.7 Å². The molecule has 0 bridgehead atoms. The summed E-state index contributed by atoms with van der Waals surface area (Å²) in [7, 11) is 0. The fraction of sp³-hybridized carbons (Fsp3) is 0.600. The minimum Gasteiger partial charge on any atom is -0.474 e. The Kier molecular flexibility index (Phi) is 5.72. The molecule has 5 heterocycles. The highest BCUT2D eigenvalue weighted by Gasteiger charge is 2.48. The summed E-state index contributed by atoms with van der Waals surface area (Å²) in [5.74, 6) is 1.25. The van der Waals surface area contributed by atoms with Gasteiger partial charge in [-0.1, -0.05) is 6.42 Å². The Hall–Kier alpha value is -2.94. The topological polar surface area (TPSA) is 83.9 Å². The molecule has 3 saturated heterocycles. The maximum Gasteiger partial charge on any atom is 0.416 e. The molecule has 0 atom stereocenters. The zero-order valence-electron chi connectivity index (χ0n) is 19.5. The van der Waals surface area contributed by atoms with Crippen LogP contribution in [0.2, 0.25) is 0 Å². The Balaban J connectivity index is 1.01. The lowest BCUT2D eigenvalue weighted by atomic mass is 9.90. The van der Waals surface area contributed by atoms with Gasteiger partial charge in [0.1, 0.15) is 11.7 Å². The number of nitrogens with zero attached hydrogens (tertiary/aromatic N) is 6. The van der Waals surface area contributed by atoms with Crippen molar-refractivity contribution in [3.63, 3.8) is 0 Å². The van der Waals surface area contributed by atoms with Gasteiger partial charge in [0.05, 0.1) is 24.6 Å².